The highest BCUT2D eigenvalue weighted by molar-refractivity contribution is 5.76. The molecule has 23 heavy (non-hydrogen) atoms. The second-order valence-corrected chi connectivity index (χ2v) is 6.25. The molecular weight excluding hydrogens is 288 g/mol. The van der Waals surface area contributed by atoms with Gasteiger partial charge < -0.3 is 14.6 Å². The Morgan fingerprint density at radius 1 is 1.22 bits per heavy atom. The van der Waals surface area contributed by atoms with Gasteiger partial charge in [0.05, 0.1) is 6.04 Å². The molecule has 1 amide bonds. The van der Waals surface area contributed by atoms with E-state index in [0.29, 0.717) is 6.42 Å². The summed E-state index contributed by atoms with van der Waals surface area (Å²) < 4.78 is 5.60. The Labute approximate surface area is 137 Å². The molecule has 1 aliphatic heterocycles. The van der Waals surface area contributed by atoms with E-state index >= 15 is 0 Å². The Morgan fingerprint density at radius 3 is 2.52 bits per heavy atom. The van der Waals surface area contributed by atoms with Gasteiger partial charge in [0.25, 0.3) is 0 Å². The van der Waals surface area contributed by atoms with Gasteiger partial charge in [-0.3, -0.25) is 4.79 Å². The lowest BCUT2D eigenvalue weighted by Gasteiger charge is -2.16. The quantitative estimate of drug-likeness (QED) is 0.830. The topological polar surface area (TPSA) is 45.5 Å². The van der Waals surface area contributed by atoms with Crippen molar-refractivity contribution in [3.8, 4) is 0 Å². The molecule has 1 aromatic heterocycles. The number of hydrogen-bond acceptors (Lipinski definition) is 3. The van der Waals surface area contributed by atoms with E-state index in [1.807, 2.05) is 36.1 Å². The molecule has 0 spiro atoms. The van der Waals surface area contributed by atoms with E-state index in [0.717, 1.165) is 37.6 Å². The van der Waals surface area contributed by atoms with Gasteiger partial charge in [0.15, 0.2) is 0 Å². The summed E-state index contributed by atoms with van der Waals surface area (Å²) in [6.45, 7) is 6.35. The van der Waals surface area contributed by atoms with Gasteiger partial charge in [0.1, 0.15) is 11.5 Å². The highest BCUT2D eigenvalue weighted by Gasteiger charge is 2.22. The van der Waals surface area contributed by atoms with Crippen LogP contribution in [0.25, 0.3) is 0 Å². The highest BCUT2D eigenvalue weighted by Crippen LogP contribution is 2.23. The van der Waals surface area contributed by atoms with Crippen LogP contribution < -0.4 is 5.32 Å². The van der Waals surface area contributed by atoms with Gasteiger partial charge in [0, 0.05) is 19.5 Å². The zero-order chi connectivity index (χ0) is 16.2. The number of nitrogens with one attached hydrogen (secondary N) is 1. The van der Waals surface area contributed by atoms with Crippen LogP contribution in [-0.4, -0.2) is 17.4 Å². The summed E-state index contributed by atoms with van der Waals surface area (Å²) in [5.74, 6) is 2.12. The van der Waals surface area contributed by atoms with Crippen molar-refractivity contribution >= 4 is 5.91 Å². The number of nitrogens with zero attached hydrogens (tertiary/aromatic N) is 1. The van der Waals surface area contributed by atoms with Gasteiger partial charge in [0.2, 0.25) is 5.91 Å². The molecule has 4 nitrogen and oxygen atoms in total. The van der Waals surface area contributed by atoms with Crippen LogP contribution in [-0.2, 0) is 17.9 Å². The maximum Gasteiger partial charge on any atom is 0.223 e. The Bertz CT molecular complexity index is 653. The van der Waals surface area contributed by atoms with E-state index in [2.05, 4.69) is 24.4 Å². The number of aryl methyl sites for hydroxylation is 1. The van der Waals surface area contributed by atoms with Gasteiger partial charge in [-0.25, -0.2) is 0 Å². The fraction of sp³-hybridized carbons (Fsp3) is 0.421. The van der Waals surface area contributed by atoms with Crippen molar-refractivity contribution in [3.05, 3.63) is 59.0 Å². The smallest absolute Gasteiger partial charge is 0.223 e. The molecule has 122 valence electrons. The van der Waals surface area contributed by atoms with E-state index in [-0.39, 0.29) is 11.9 Å². The third-order valence-electron chi connectivity index (χ3n) is 4.40. The summed E-state index contributed by atoms with van der Waals surface area (Å²) in [5.41, 5.74) is 2.56. The highest BCUT2D eigenvalue weighted by atomic mass is 16.3. The zero-order valence-corrected chi connectivity index (χ0v) is 13.8. The minimum atomic E-state index is 0.176. The van der Waals surface area contributed by atoms with Crippen molar-refractivity contribution in [2.45, 2.75) is 45.8 Å². The Kier molecular flexibility index (Phi) is 4.82. The number of rotatable bonds is 6. The van der Waals surface area contributed by atoms with Crippen molar-refractivity contribution in [2.75, 3.05) is 6.54 Å². The van der Waals surface area contributed by atoms with Crippen LogP contribution in [0.15, 0.2) is 40.8 Å². The number of carbonyl (C=O) groups excluding carboxylic acids is 1. The molecule has 1 aromatic carbocycles. The predicted octanol–water partition coefficient (Wildman–Crippen LogP) is 3.56. The van der Waals surface area contributed by atoms with Crippen molar-refractivity contribution < 1.29 is 9.21 Å². The molecular formula is C19H24N2O2. The zero-order valence-electron chi connectivity index (χ0n) is 13.8. The molecule has 2 aromatic rings. The predicted molar refractivity (Wildman–Crippen MR) is 89.8 cm³/mol. The standard InChI is InChI=1S/C19H24N2O2/c1-14-9-10-18(23-14)15(2)20-11-5-8-19(22)21-12-16-6-3-4-7-17(16)13-21/h3-4,6-7,9-10,15,20H,5,8,11-13H2,1-2H3. The van der Waals surface area contributed by atoms with Crippen LogP contribution in [0.1, 0.15) is 48.5 Å². The number of fused-ring (bicyclic) bond motifs is 1. The molecule has 0 fully saturated rings. The summed E-state index contributed by atoms with van der Waals surface area (Å²) in [4.78, 5) is 14.3. The first-order valence-corrected chi connectivity index (χ1v) is 8.28. The maximum atomic E-state index is 12.3. The van der Waals surface area contributed by atoms with Crippen LogP contribution in [0.4, 0.5) is 0 Å². The summed E-state index contributed by atoms with van der Waals surface area (Å²) in [7, 11) is 0. The fourth-order valence-electron chi connectivity index (χ4n) is 3.01. The molecule has 1 aliphatic rings. The lowest BCUT2D eigenvalue weighted by Crippen LogP contribution is -2.27. The fourth-order valence-corrected chi connectivity index (χ4v) is 3.01. The lowest BCUT2D eigenvalue weighted by molar-refractivity contribution is -0.131. The van der Waals surface area contributed by atoms with Crippen LogP contribution >= 0.6 is 0 Å². The first-order chi connectivity index (χ1) is 11.1. The third-order valence-corrected chi connectivity index (χ3v) is 4.40. The molecule has 1 unspecified atom stereocenters. The lowest BCUT2D eigenvalue weighted by atomic mass is 10.1. The van der Waals surface area contributed by atoms with Gasteiger partial charge in [-0.2, -0.15) is 0 Å². The Morgan fingerprint density at radius 2 is 1.91 bits per heavy atom. The molecule has 0 aliphatic carbocycles. The average molecular weight is 312 g/mol. The average Bonchev–Trinajstić information content (AvgIpc) is 3.17. The molecule has 0 saturated heterocycles. The molecule has 1 N–H and O–H groups in total. The summed E-state index contributed by atoms with van der Waals surface area (Å²) >= 11 is 0. The van der Waals surface area contributed by atoms with Gasteiger partial charge in [-0.05, 0) is 50.1 Å². The maximum absolute atomic E-state index is 12.3. The monoisotopic (exact) mass is 312 g/mol. The van der Waals surface area contributed by atoms with Crippen LogP contribution in [0, 0.1) is 6.92 Å². The minimum Gasteiger partial charge on any atom is -0.465 e. The van der Waals surface area contributed by atoms with E-state index in [4.69, 9.17) is 4.42 Å². The van der Waals surface area contributed by atoms with E-state index in [1.54, 1.807) is 0 Å². The summed E-state index contributed by atoms with van der Waals surface area (Å²) in [5, 5.41) is 3.41. The van der Waals surface area contributed by atoms with Gasteiger partial charge in [-0.1, -0.05) is 24.3 Å². The molecule has 1 atom stereocenters. The molecule has 0 radical (unpaired) electrons. The van der Waals surface area contributed by atoms with E-state index in [1.165, 1.54) is 11.1 Å². The molecule has 4 heteroatoms. The Balaban J connectivity index is 1.39. The van der Waals surface area contributed by atoms with Crippen molar-refractivity contribution in [2.24, 2.45) is 0 Å². The Hall–Kier alpha value is -2.07. The van der Waals surface area contributed by atoms with Gasteiger partial charge in [-0.15, -0.1) is 0 Å². The normalized spacial score (nSPS) is 14.8. The molecule has 0 saturated carbocycles. The van der Waals surface area contributed by atoms with Crippen LogP contribution in [0.2, 0.25) is 0 Å². The number of carbonyl (C=O) groups is 1. The largest absolute Gasteiger partial charge is 0.465 e. The van der Waals surface area contributed by atoms with E-state index < -0.39 is 0 Å². The van der Waals surface area contributed by atoms with Gasteiger partial charge >= 0.3 is 0 Å². The van der Waals surface area contributed by atoms with E-state index in [9.17, 15) is 4.79 Å². The number of furan rings is 1. The number of amides is 1. The molecule has 3 rings (SSSR count). The second-order valence-electron chi connectivity index (χ2n) is 6.25. The summed E-state index contributed by atoms with van der Waals surface area (Å²) in [6.07, 6.45) is 1.43. The van der Waals surface area contributed by atoms with Crippen molar-refractivity contribution in [1.82, 2.24) is 10.2 Å². The van der Waals surface area contributed by atoms with Crippen LogP contribution in [0.5, 0.6) is 0 Å². The second kappa shape index (κ2) is 7.01. The molecule has 0 bridgehead atoms. The molecule has 2 heterocycles. The van der Waals surface area contributed by atoms with Crippen LogP contribution in [0.3, 0.4) is 0 Å². The third kappa shape index (κ3) is 3.82. The van der Waals surface area contributed by atoms with Crippen molar-refractivity contribution in [3.63, 3.8) is 0 Å². The first kappa shape index (κ1) is 15.8. The SMILES string of the molecule is Cc1ccc(C(C)NCCCC(=O)N2Cc3ccccc3C2)o1. The summed E-state index contributed by atoms with van der Waals surface area (Å²) in [6, 6.07) is 12.4. The first-order valence-electron chi connectivity index (χ1n) is 8.28. The number of hydrogen-bond donors (Lipinski definition) is 1. The minimum absolute atomic E-state index is 0.176. The van der Waals surface area contributed by atoms with Crippen molar-refractivity contribution in [1.29, 1.82) is 0 Å². The number of benzene rings is 1.